The van der Waals surface area contributed by atoms with E-state index in [0.29, 0.717) is 0 Å². The molecule has 30 heavy (non-hydrogen) atoms. The summed E-state index contributed by atoms with van der Waals surface area (Å²) >= 11 is 0. The molecule has 4 rings (SSSR count). The first-order chi connectivity index (χ1) is 14.7. The van der Waals surface area contributed by atoms with E-state index in [2.05, 4.69) is 82.7 Å². The molecule has 2 atom stereocenters. The smallest absolute Gasteiger partial charge is 0.237 e. The molecular formula is C26H33N3O. The van der Waals surface area contributed by atoms with Gasteiger partial charge in [-0.05, 0) is 42.9 Å². The van der Waals surface area contributed by atoms with Gasteiger partial charge in [0.05, 0.1) is 12.1 Å². The Morgan fingerprint density at radius 3 is 2.60 bits per heavy atom. The summed E-state index contributed by atoms with van der Waals surface area (Å²) in [5, 5.41) is 3.33. The molecule has 2 unspecified atom stereocenters. The fourth-order valence-corrected chi connectivity index (χ4v) is 4.60. The van der Waals surface area contributed by atoms with Crippen molar-refractivity contribution in [2.24, 2.45) is 0 Å². The van der Waals surface area contributed by atoms with E-state index in [1.54, 1.807) is 0 Å². The first-order valence-electron chi connectivity index (χ1n) is 11.3. The fourth-order valence-electron chi connectivity index (χ4n) is 4.60. The molecule has 0 bridgehead atoms. The van der Waals surface area contributed by atoms with Crippen molar-refractivity contribution in [2.75, 3.05) is 32.7 Å². The lowest BCUT2D eigenvalue weighted by molar-refractivity contribution is -0.127. The standard InChI is InChI=1S/C26H33N3O/c1-21(26(30)27-25-15-7-13-23-12-5-6-14-24(23)25)29-19-17-28(18-20-29)16-8-11-22-9-3-2-4-10-22/h2-6,8-12,14,21,25H,7,13,15-20H2,1H3,(H,27,30)/b11-8+. The summed E-state index contributed by atoms with van der Waals surface area (Å²) in [6.07, 6.45) is 7.73. The molecule has 1 N–H and O–H groups in total. The van der Waals surface area contributed by atoms with Crippen molar-refractivity contribution in [3.8, 4) is 0 Å². The Kier molecular flexibility index (Phi) is 6.98. The first kappa shape index (κ1) is 20.8. The third kappa shape index (κ3) is 5.18. The zero-order chi connectivity index (χ0) is 20.8. The van der Waals surface area contributed by atoms with Crippen molar-refractivity contribution in [3.63, 3.8) is 0 Å². The van der Waals surface area contributed by atoms with Crippen LogP contribution in [0.25, 0.3) is 6.08 Å². The molecule has 1 fully saturated rings. The molecule has 0 radical (unpaired) electrons. The number of carbonyl (C=O) groups is 1. The number of amides is 1. The van der Waals surface area contributed by atoms with E-state index in [1.807, 2.05) is 6.07 Å². The van der Waals surface area contributed by atoms with Gasteiger partial charge in [0.25, 0.3) is 0 Å². The van der Waals surface area contributed by atoms with Gasteiger partial charge >= 0.3 is 0 Å². The van der Waals surface area contributed by atoms with Gasteiger partial charge < -0.3 is 5.32 Å². The van der Waals surface area contributed by atoms with Crippen LogP contribution in [-0.4, -0.2) is 54.5 Å². The van der Waals surface area contributed by atoms with Gasteiger partial charge in [-0.15, -0.1) is 0 Å². The normalized spacial score (nSPS) is 21.3. The molecule has 0 saturated carbocycles. The van der Waals surface area contributed by atoms with E-state index < -0.39 is 0 Å². The summed E-state index contributed by atoms with van der Waals surface area (Å²) < 4.78 is 0. The van der Waals surface area contributed by atoms with Crippen molar-refractivity contribution in [1.29, 1.82) is 0 Å². The number of carbonyl (C=O) groups excluding carboxylic acids is 1. The van der Waals surface area contributed by atoms with E-state index in [-0.39, 0.29) is 18.0 Å². The lowest BCUT2D eigenvalue weighted by Crippen LogP contribution is -2.54. The topological polar surface area (TPSA) is 35.6 Å². The lowest BCUT2D eigenvalue weighted by Gasteiger charge is -2.37. The molecule has 1 heterocycles. The van der Waals surface area contributed by atoms with Gasteiger partial charge in [0.15, 0.2) is 0 Å². The molecule has 1 amide bonds. The minimum absolute atomic E-state index is 0.0823. The van der Waals surface area contributed by atoms with Gasteiger partial charge in [0.1, 0.15) is 0 Å². The van der Waals surface area contributed by atoms with Crippen LogP contribution in [0.3, 0.4) is 0 Å². The van der Waals surface area contributed by atoms with Crippen LogP contribution in [0.15, 0.2) is 60.7 Å². The van der Waals surface area contributed by atoms with E-state index in [4.69, 9.17) is 0 Å². The minimum atomic E-state index is -0.0823. The first-order valence-corrected chi connectivity index (χ1v) is 11.3. The fraction of sp³-hybridized carbons (Fsp3) is 0.423. The molecule has 4 nitrogen and oxygen atoms in total. The van der Waals surface area contributed by atoms with Crippen molar-refractivity contribution in [2.45, 2.75) is 38.3 Å². The third-order valence-electron chi connectivity index (χ3n) is 6.49. The number of aryl methyl sites for hydroxylation is 1. The van der Waals surface area contributed by atoms with Crippen molar-refractivity contribution < 1.29 is 4.79 Å². The monoisotopic (exact) mass is 403 g/mol. The van der Waals surface area contributed by atoms with Crippen LogP contribution in [0, 0.1) is 0 Å². The summed E-state index contributed by atoms with van der Waals surface area (Å²) in [4.78, 5) is 17.7. The average Bonchev–Trinajstić information content (AvgIpc) is 2.80. The highest BCUT2D eigenvalue weighted by Gasteiger charge is 2.28. The maximum Gasteiger partial charge on any atom is 0.237 e. The van der Waals surface area contributed by atoms with Crippen molar-refractivity contribution in [1.82, 2.24) is 15.1 Å². The second-order valence-corrected chi connectivity index (χ2v) is 8.48. The Morgan fingerprint density at radius 2 is 1.80 bits per heavy atom. The molecule has 0 spiro atoms. The van der Waals surface area contributed by atoms with Gasteiger partial charge in [-0.25, -0.2) is 0 Å². The lowest BCUT2D eigenvalue weighted by atomic mass is 9.87. The zero-order valence-corrected chi connectivity index (χ0v) is 18.0. The molecule has 158 valence electrons. The zero-order valence-electron chi connectivity index (χ0n) is 18.0. The maximum atomic E-state index is 13.0. The van der Waals surface area contributed by atoms with E-state index in [1.165, 1.54) is 16.7 Å². The Bertz CT molecular complexity index is 856. The van der Waals surface area contributed by atoms with Crippen LogP contribution in [0.5, 0.6) is 0 Å². The molecule has 0 aromatic heterocycles. The molecule has 2 aromatic carbocycles. The summed E-state index contributed by atoms with van der Waals surface area (Å²) in [6.45, 7) is 6.90. The molecule has 4 heteroatoms. The number of piperazine rings is 1. The van der Waals surface area contributed by atoms with Crippen LogP contribution in [0.1, 0.15) is 42.5 Å². The minimum Gasteiger partial charge on any atom is -0.348 e. The molecular weight excluding hydrogens is 370 g/mol. The maximum absolute atomic E-state index is 13.0. The number of hydrogen-bond acceptors (Lipinski definition) is 3. The number of nitrogens with one attached hydrogen (secondary N) is 1. The number of hydrogen-bond donors (Lipinski definition) is 1. The molecule has 1 aliphatic carbocycles. The van der Waals surface area contributed by atoms with Gasteiger partial charge in [0, 0.05) is 32.7 Å². The molecule has 1 saturated heterocycles. The van der Waals surface area contributed by atoms with E-state index in [9.17, 15) is 4.79 Å². The Balaban J connectivity index is 1.25. The van der Waals surface area contributed by atoms with E-state index >= 15 is 0 Å². The predicted molar refractivity (Wildman–Crippen MR) is 123 cm³/mol. The number of nitrogens with zero attached hydrogens (tertiary/aromatic N) is 2. The summed E-state index contributed by atoms with van der Waals surface area (Å²) in [7, 11) is 0. The highest BCUT2D eigenvalue weighted by molar-refractivity contribution is 5.81. The van der Waals surface area contributed by atoms with Crippen LogP contribution in [0.4, 0.5) is 0 Å². The second kappa shape index (κ2) is 10.1. The summed E-state index contributed by atoms with van der Waals surface area (Å²) in [5.74, 6) is 0.161. The van der Waals surface area contributed by atoms with E-state index in [0.717, 1.165) is 52.0 Å². The predicted octanol–water partition coefficient (Wildman–Crippen LogP) is 3.90. The van der Waals surface area contributed by atoms with Crippen molar-refractivity contribution in [3.05, 3.63) is 77.4 Å². The van der Waals surface area contributed by atoms with Gasteiger partial charge in [-0.3, -0.25) is 14.6 Å². The average molecular weight is 404 g/mol. The Hall–Kier alpha value is -2.43. The van der Waals surface area contributed by atoms with Crippen LogP contribution >= 0.6 is 0 Å². The number of rotatable bonds is 6. The molecule has 2 aromatic rings. The molecule has 1 aliphatic heterocycles. The number of benzene rings is 2. The van der Waals surface area contributed by atoms with Gasteiger partial charge in [-0.2, -0.15) is 0 Å². The molecule has 2 aliphatic rings. The third-order valence-corrected chi connectivity index (χ3v) is 6.49. The SMILES string of the molecule is CC(C(=O)NC1CCCc2ccccc21)N1CCN(C/C=C/c2ccccc2)CC1. The summed E-state index contributed by atoms with van der Waals surface area (Å²) in [5.41, 5.74) is 3.93. The number of fused-ring (bicyclic) bond motifs is 1. The largest absolute Gasteiger partial charge is 0.348 e. The highest BCUT2D eigenvalue weighted by Crippen LogP contribution is 2.29. The second-order valence-electron chi connectivity index (χ2n) is 8.48. The highest BCUT2D eigenvalue weighted by atomic mass is 16.2. The van der Waals surface area contributed by atoms with Gasteiger partial charge in [0.2, 0.25) is 5.91 Å². The Labute approximate surface area is 180 Å². The van der Waals surface area contributed by atoms with Crippen LogP contribution in [-0.2, 0) is 11.2 Å². The Morgan fingerprint density at radius 1 is 1.07 bits per heavy atom. The quantitative estimate of drug-likeness (QED) is 0.795. The summed E-state index contributed by atoms with van der Waals surface area (Å²) in [6, 6.07) is 19.1. The van der Waals surface area contributed by atoms with Crippen LogP contribution in [0.2, 0.25) is 0 Å². The van der Waals surface area contributed by atoms with Gasteiger partial charge in [-0.1, -0.05) is 66.7 Å². The van der Waals surface area contributed by atoms with Crippen molar-refractivity contribution >= 4 is 12.0 Å². The van der Waals surface area contributed by atoms with Crippen LogP contribution < -0.4 is 5.32 Å².